The van der Waals surface area contributed by atoms with E-state index in [1.54, 1.807) is 0 Å². The molecule has 21 heavy (non-hydrogen) atoms. The van der Waals surface area contributed by atoms with Crippen LogP contribution in [0.15, 0.2) is 0 Å². The standard InChI is InChI=1S/C18H36N2S/c1-18(2,3)17-14-20(11-8-12-21-4)16(13-19-17)15-9-6-5-7-10-15/h15-17,19H,5-14H2,1-4H3. The SMILES string of the molecule is CSCCCN1CC(C(C)(C)C)NCC1C1CCCCC1. The summed E-state index contributed by atoms with van der Waals surface area (Å²) in [5, 5.41) is 3.88. The molecule has 2 fully saturated rings. The maximum absolute atomic E-state index is 3.88. The summed E-state index contributed by atoms with van der Waals surface area (Å²) in [6.45, 7) is 10.9. The number of rotatable bonds is 5. The van der Waals surface area contributed by atoms with Crippen molar-refractivity contribution >= 4 is 11.8 Å². The van der Waals surface area contributed by atoms with Crippen LogP contribution in [-0.2, 0) is 0 Å². The lowest BCUT2D eigenvalue weighted by atomic mass is 9.79. The van der Waals surface area contributed by atoms with Crippen molar-refractivity contribution < 1.29 is 0 Å². The Kier molecular flexibility index (Phi) is 6.89. The fourth-order valence-corrected chi connectivity index (χ4v) is 4.48. The molecule has 2 atom stereocenters. The minimum Gasteiger partial charge on any atom is -0.311 e. The van der Waals surface area contributed by atoms with Crippen LogP contribution in [0.4, 0.5) is 0 Å². The van der Waals surface area contributed by atoms with Gasteiger partial charge in [-0.15, -0.1) is 0 Å². The average Bonchev–Trinajstić information content (AvgIpc) is 2.47. The third kappa shape index (κ3) is 5.14. The highest BCUT2D eigenvalue weighted by atomic mass is 32.2. The zero-order chi connectivity index (χ0) is 15.3. The van der Waals surface area contributed by atoms with Gasteiger partial charge < -0.3 is 5.32 Å². The lowest BCUT2D eigenvalue weighted by molar-refractivity contribution is 0.0446. The minimum absolute atomic E-state index is 0.370. The number of nitrogens with one attached hydrogen (secondary N) is 1. The summed E-state index contributed by atoms with van der Waals surface area (Å²) in [5.74, 6) is 2.25. The second-order valence-electron chi connectivity index (χ2n) is 8.13. The maximum atomic E-state index is 3.88. The van der Waals surface area contributed by atoms with Crippen LogP contribution in [-0.4, -0.2) is 48.6 Å². The van der Waals surface area contributed by atoms with Crippen LogP contribution >= 0.6 is 11.8 Å². The first kappa shape index (κ1) is 17.6. The van der Waals surface area contributed by atoms with Gasteiger partial charge >= 0.3 is 0 Å². The first-order valence-corrected chi connectivity index (χ1v) is 10.4. The van der Waals surface area contributed by atoms with E-state index in [4.69, 9.17) is 0 Å². The third-order valence-corrected chi connectivity index (χ3v) is 6.19. The van der Waals surface area contributed by atoms with Crippen LogP contribution < -0.4 is 5.32 Å². The highest BCUT2D eigenvalue weighted by molar-refractivity contribution is 7.98. The Morgan fingerprint density at radius 2 is 1.86 bits per heavy atom. The highest BCUT2D eigenvalue weighted by Gasteiger charge is 2.37. The van der Waals surface area contributed by atoms with Crippen LogP contribution in [0.5, 0.6) is 0 Å². The number of piperazine rings is 1. The summed E-state index contributed by atoms with van der Waals surface area (Å²) in [6.07, 6.45) is 10.9. The van der Waals surface area contributed by atoms with E-state index in [0.29, 0.717) is 11.5 Å². The monoisotopic (exact) mass is 312 g/mol. The molecule has 124 valence electrons. The Morgan fingerprint density at radius 3 is 2.48 bits per heavy atom. The zero-order valence-electron chi connectivity index (χ0n) is 14.7. The molecule has 1 N–H and O–H groups in total. The molecule has 0 aromatic heterocycles. The molecule has 0 radical (unpaired) electrons. The van der Waals surface area contributed by atoms with E-state index in [0.717, 1.165) is 12.0 Å². The molecule has 0 aromatic carbocycles. The van der Waals surface area contributed by atoms with Gasteiger partial charge in [-0.25, -0.2) is 0 Å². The molecule has 1 saturated heterocycles. The van der Waals surface area contributed by atoms with Crippen molar-refractivity contribution in [1.82, 2.24) is 10.2 Å². The van der Waals surface area contributed by atoms with Crippen molar-refractivity contribution in [3.05, 3.63) is 0 Å². The maximum Gasteiger partial charge on any atom is 0.0249 e. The smallest absolute Gasteiger partial charge is 0.0249 e. The molecule has 2 nitrogen and oxygen atoms in total. The van der Waals surface area contributed by atoms with E-state index in [9.17, 15) is 0 Å². The summed E-state index contributed by atoms with van der Waals surface area (Å²) in [7, 11) is 0. The Labute approximate surface area is 136 Å². The topological polar surface area (TPSA) is 15.3 Å². The van der Waals surface area contributed by atoms with Crippen molar-refractivity contribution in [2.24, 2.45) is 11.3 Å². The fraction of sp³-hybridized carbons (Fsp3) is 1.00. The molecule has 1 heterocycles. The molecule has 3 heteroatoms. The largest absolute Gasteiger partial charge is 0.311 e. The normalized spacial score (nSPS) is 29.7. The molecular weight excluding hydrogens is 276 g/mol. The van der Waals surface area contributed by atoms with Crippen LogP contribution in [0.3, 0.4) is 0 Å². The molecule has 2 unspecified atom stereocenters. The Morgan fingerprint density at radius 1 is 1.14 bits per heavy atom. The summed E-state index contributed by atoms with van der Waals surface area (Å²) >= 11 is 1.99. The van der Waals surface area contributed by atoms with Crippen molar-refractivity contribution in [1.29, 1.82) is 0 Å². The minimum atomic E-state index is 0.370. The lowest BCUT2D eigenvalue weighted by Crippen LogP contribution is -2.62. The van der Waals surface area contributed by atoms with Gasteiger partial charge in [-0.1, -0.05) is 40.0 Å². The van der Waals surface area contributed by atoms with Gasteiger partial charge in [0.25, 0.3) is 0 Å². The second-order valence-corrected chi connectivity index (χ2v) is 9.12. The van der Waals surface area contributed by atoms with E-state index in [-0.39, 0.29) is 0 Å². The molecule has 1 saturated carbocycles. The summed E-state index contributed by atoms with van der Waals surface area (Å²) in [5.41, 5.74) is 0.370. The Hall–Kier alpha value is 0.270. The van der Waals surface area contributed by atoms with Gasteiger partial charge in [0.15, 0.2) is 0 Å². The first-order chi connectivity index (χ1) is 10.0. The van der Waals surface area contributed by atoms with Crippen molar-refractivity contribution in [3.63, 3.8) is 0 Å². The van der Waals surface area contributed by atoms with Crippen molar-refractivity contribution in [2.45, 2.75) is 71.4 Å². The quantitative estimate of drug-likeness (QED) is 0.772. The number of hydrogen-bond acceptors (Lipinski definition) is 3. The van der Waals surface area contributed by atoms with E-state index >= 15 is 0 Å². The van der Waals surface area contributed by atoms with Gasteiger partial charge in [-0.2, -0.15) is 11.8 Å². The summed E-state index contributed by atoms with van der Waals surface area (Å²) < 4.78 is 0. The van der Waals surface area contributed by atoms with E-state index in [1.807, 2.05) is 11.8 Å². The van der Waals surface area contributed by atoms with Crippen LogP contribution in [0.1, 0.15) is 59.3 Å². The Balaban J connectivity index is 1.97. The van der Waals surface area contributed by atoms with E-state index in [1.165, 1.54) is 63.9 Å². The lowest BCUT2D eigenvalue weighted by Gasteiger charge is -2.48. The molecule has 0 aromatic rings. The molecule has 0 amide bonds. The Bertz CT molecular complexity index is 294. The molecule has 1 aliphatic heterocycles. The average molecular weight is 313 g/mol. The number of hydrogen-bond donors (Lipinski definition) is 1. The van der Waals surface area contributed by atoms with Crippen LogP contribution in [0.2, 0.25) is 0 Å². The molecule has 0 spiro atoms. The van der Waals surface area contributed by atoms with Gasteiger partial charge in [0.1, 0.15) is 0 Å². The summed E-state index contributed by atoms with van der Waals surface area (Å²) in [6, 6.07) is 1.44. The first-order valence-electron chi connectivity index (χ1n) is 8.98. The van der Waals surface area contributed by atoms with Crippen molar-refractivity contribution in [3.8, 4) is 0 Å². The zero-order valence-corrected chi connectivity index (χ0v) is 15.5. The highest BCUT2D eigenvalue weighted by Crippen LogP contribution is 2.32. The molecule has 2 rings (SSSR count). The third-order valence-electron chi connectivity index (χ3n) is 5.49. The van der Waals surface area contributed by atoms with Gasteiger partial charge in [-0.3, -0.25) is 4.90 Å². The predicted octanol–water partition coefficient (Wildman–Crippen LogP) is 4.01. The van der Waals surface area contributed by atoms with E-state index in [2.05, 4.69) is 37.2 Å². The number of thioether (sulfide) groups is 1. The van der Waals surface area contributed by atoms with E-state index < -0.39 is 0 Å². The van der Waals surface area contributed by atoms with Crippen molar-refractivity contribution in [2.75, 3.05) is 31.6 Å². The second kappa shape index (κ2) is 8.21. The summed E-state index contributed by atoms with van der Waals surface area (Å²) in [4.78, 5) is 2.85. The number of nitrogens with zero attached hydrogens (tertiary/aromatic N) is 1. The van der Waals surface area contributed by atoms with Gasteiger partial charge in [-0.05, 0) is 49.1 Å². The molecule has 1 aliphatic carbocycles. The molecule has 2 aliphatic rings. The molecular formula is C18H36N2S. The van der Waals surface area contributed by atoms with Crippen LogP contribution in [0.25, 0.3) is 0 Å². The van der Waals surface area contributed by atoms with Gasteiger partial charge in [0.2, 0.25) is 0 Å². The fourth-order valence-electron chi connectivity index (χ4n) is 4.06. The predicted molar refractivity (Wildman–Crippen MR) is 96.2 cm³/mol. The van der Waals surface area contributed by atoms with Crippen LogP contribution in [0, 0.1) is 11.3 Å². The van der Waals surface area contributed by atoms with Gasteiger partial charge in [0, 0.05) is 25.2 Å². The van der Waals surface area contributed by atoms with Gasteiger partial charge in [0.05, 0.1) is 0 Å². The molecule has 0 bridgehead atoms.